The molecular formula is C26H25N5OS. The summed E-state index contributed by atoms with van der Waals surface area (Å²) in [5.74, 6) is 0.227. The Labute approximate surface area is 198 Å². The number of hydrogen-bond acceptors (Lipinski definition) is 4. The van der Waals surface area contributed by atoms with Gasteiger partial charge in [-0.15, -0.1) is 0 Å². The van der Waals surface area contributed by atoms with Crippen LogP contribution in [0.15, 0.2) is 79.3 Å². The first-order valence-electron chi connectivity index (χ1n) is 10.9. The van der Waals surface area contributed by atoms with Crippen LogP contribution in [0.2, 0.25) is 0 Å². The van der Waals surface area contributed by atoms with E-state index in [4.69, 9.17) is 12.2 Å². The van der Waals surface area contributed by atoms with Crippen molar-refractivity contribution < 1.29 is 5.11 Å². The normalized spacial score (nSPS) is 17.9. The van der Waals surface area contributed by atoms with Crippen LogP contribution >= 0.6 is 12.2 Å². The second-order valence-corrected chi connectivity index (χ2v) is 8.67. The summed E-state index contributed by atoms with van der Waals surface area (Å²) in [4.78, 5) is 10.9. The maximum Gasteiger partial charge on any atom is 0.174 e. The van der Waals surface area contributed by atoms with Gasteiger partial charge in [0.2, 0.25) is 0 Å². The largest absolute Gasteiger partial charge is 0.508 e. The molecule has 1 saturated heterocycles. The van der Waals surface area contributed by atoms with Crippen LogP contribution in [0.1, 0.15) is 40.3 Å². The van der Waals surface area contributed by atoms with Gasteiger partial charge in [-0.05, 0) is 91.8 Å². The lowest BCUT2D eigenvalue weighted by Crippen LogP contribution is -2.29. The summed E-state index contributed by atoms with van der Waals surface area (Å²) in [6, 6.07) is 19.3. The third-order valence-corrected chi connectivity index (χ3v) is 6.56. The lowest BCUT2D eigenvalue weighted by molar-refractivity contribution is 0.475. The lowest BCUT2D eigenvalue weighted by atomic mass is 9.96. The zero-order chi connectivity index (χ0) is 22.9. The number of anilines is 1. The van der Waals surface area contributed by atoms with E-state index in [1.54, 1.807) is 12.1 Å². The van der Waals surface area contributed by atoms with E-state index < -0.39 is 0 Å². The SMILES string of the molecule is Cc1cc([C@@H]2[C@H](c3ccccn3)NC(=S)N2c2ccc(O)cc2)c(C)n1Cc1ccncc1. The van der Waals surface area contributed by atoms with Gasteiger partial charge in [-0.2, -0.15) is 0 Å². The van der Waals surface area contributed by atoms with Gasteiger partial charge in [-0.1, -0.05) is 6.07 Å². The number of thiocarbonyl (C=S) groups is 1. The van der Waals surface area contributed by atoms with Gasteiger partial charge in [0.1, 0.15) is 5.75 Å². The van der Waals surface area contributed by atoms with Gasteiger partial charge < -0.3 is 19.9 Å². The molecule has 1 aliphatic rings. The van der Waals surface area contributed by atoms with Crippen molar-refractivity contribution in [1.29, 1.82) is 0 Å². The number of nitrogens with zero attached hydrogens (tertiary/aromatic N) is 4. The van der Waals surface area contributed by atoms with E-state index in [2.05, 4.69) is 44.7 Å². The van der Waals surface area contributed by atoms with E-state index in [-0.39, 0.29) is 17.8 Å². The van der Waals surface area contributed by atoms with Crippen molar-refractivity contribution in [1.82, 2.24) is 19.9 Å². The number of benzene rings is 1. The Morgan fingerprint density at radius 1 is 1.00 bits per heavy atom. The van der Waals surface area contributed by atoms with Crippen LogP contribution in [0.25, 0.3) is 0 Å². The minimum Gasteiger partial charge on any atom is -0.508 e. The number of rotatable bonds is 5. The molecule has 0 amide bonds. The highest BCUT2D eigenvalue weighted by atomic mass is 32.1. The van der Waals surface area contributed by atoms with E-state index in [1.165, 1.54) is 22.5 Å². The first kappa shape index (κ1) is 21.2. The molecule has 0 aliphatic carbocycles. The maximum absolute atomic E-state index is 9.82. The molecule has 7 heteroatoms. The summed E-state index contributed by atoms with van der Waals surface area (Å²) < 4.78 is 2.33. The fourth-order valence-electron chi connectivity index (χ4n) is 4.60. The second-order valence-electron chi connectivity index (χ2n) is 8.28. The molecule has 1 fully saturated rings. The molecule has 0 saturated carbocycles. The highest BCUT2D eigenvalue weighted by Crippen LogP contribution is 2.43. The summed E-state index contributed by atoms with van der Waals surface area (Å²) in [5.41, 5.74) is 6.62. The number of hydrogen-bond donors (Lipinski definition) is 2. The predicted octanol–water partition coefficient (Wildman–Crippen LogP) is 4.83. The van der Waals surface area contributed by atoms with E-state index in [0.717, 1.165) is 17.9 Å². The van der Waals surface area contributed by atoms with Gasteiger partial charge in [-0.3, -0.25) is 9.97 Å². The third kappa shape index (κ3) is 3.96. The monoisotopic (exact) mass is 455 g/mol. The molecule has 1 aliphatic heterocycles. The Kier molecular flexibility index (Phi) is 5.56. The van der Waals surface area contributed by atoms with E-state index in [0.29, 0.717) is 5.11 Å². The standard InChI is InChI=1S/C26H25N5OS/c1-17-15-22(18(2)30(17)16-19-10-13-27-14-11-19)25-24(23-5-3-4-12-28-23)29-26(33)31(25)20-6-8-21(32)9-7-20/h3-15,24-25,32H,16H2,1-2H3,(H,29,33)/t24-,25+/m0/s1. The molecule has 0 bridgehead atoms. The van der Waals surface area contributed by atoms with Crippen molar-refractivity contribution in [2.75, 3.05) is 4.90 Å². The zero-order valence-electron chi connectivity index (χ0n) is 18.5. The van der Waals surface area contributed by atoms with Crippen molar-refractivity contribution in [3.05, 3.63) is 107 Å². The summed E-state index contributed by atoms with van der Waals surface area (Å²) in [6.07, 6.45) is 5.47. The van der Waals surface area contributed by atoms with Crippen LogP contribution in [-0.4, -0.2) is 24.8 Å². The summed E-state index contributed by atoms with van der Waals surface area (Å²) >= 11 is 5.81. The van der Waals surface area contributed by atoms with Crippen LogP contribution in [0.5, 0.6) is 5.75 Å². The van der Waals surface area contributed by atoms with Gasteiger partial charge in [0.05, 0.1) is 17.8 Å². The fraction of sp³-hybridized carbons (Fsp3) is 0.192. The number of pyridine rings is 2. The average molecular weight is 456 g/mol. The number of aryl methyl sites for hydroxylation is 1. The average Bonchev–Trinajstić information content (AvgIpc) is 3.32. The Hall–Kier alpha value is -3.71. The third-order valence-electron chi connectivity index (χ3n) is 6.25. The van der Waals surface area contributed by atoms with E-state index in [9.17, 15) is 5.11 Å². The highest BCUT2D eigenvalue weighted by molar-refractivity contribution is 7.80. The second kappa shape index (κ2) is 8.67. The molecule has 5 rings (SSSR count). The fourth-order valence-corrected chi connectivity index (χ4v) is 4.95. The zero-order valence-corrected chi connectivity index (χ0v) is 19.3. The first-order valence-corrected chi connectivity index (χ1v) is 11.3. The summed E-state index contributed by atoms with van der Waals surface area (Å²) in [7, 11) is 0. The highest BCUT2D eigenvalue weighted by Gasteiger charge is 2.42. The van der Waals surface area contributed by atoms with Crippen LogP contribution < -0.4 is 10.2 Å². The Balaban J connectivity index is 1.62. The molecule has 0 radical (unpaired) electrons. The van der Waals surface area contributed by atoms with E-state index >= 15 is 0 Å². The Bertz CT molecular complexity index is 1270. The van der Waals surface area contributed by atoms with Gasteiger partial charge in [0, 0.05) is 42.2 Å². The summed E-state index contributed by atoms with van der Waals surface area (Å²) in [6.45, 7) is 5.08. The molecule has 2 N–H and O–H groups in total. The van der Waals surface area contributed by atoms with Crippen molar-refractivity contribution in [2.45, 2.75) is 32.5 Å². The minimum atomic E-state index is -0.109. The number of nitrogens with one attached hydrogen (secondary N) is 1. The summed E-state index contributed by atoms with van der Waals surface area (Å²) in [5, 5.41) is 14.0. The number of phenolic OH excluding ortho intramolecular Hbond substituents is 1. The smallest absolute Gasteiger partial charge is 0.174 e. The Morgan fingerprint density at radius 3 is 2.45 bits per heavy atom. The number of phenols is 1. The van der Waals surface area contributed by atoms with Crippen LogP contribution in [0, 0.1) is 13.8 Å². The molecule has 4 aromatic rings. The lowest BCUT2D eigenvalue weighted by Gasteiger charge is -2.28. The van der Waals surface area contributed by atoms with Gasteiger partial charge >= 0.3 is 0 Å². The molecule has 166 valence electrons. The van der Waals surface area contributed by atoms with Gasteiger partial charge in [0.15, 0.2) is 5.11 Å². The van der Waals surface area contributed by atoms with Crippen LogP contribution in [0.4, 0.5) is 5.69 Å². The topological polar surface area (TPSA) is 66.2 Å². The molecule has 33 heavy (non-hydrogen) atoms. The number of aromatic hydroxyl groups is 1. The maximum atomic E-state index is 9.82. The Morgan fingerprint density at radius 2 is 1.76 bits per heavy atom. The van der Waals surface area contributed by atoms with Gasteiger partial charge in [0.25, 0.3) is 0 Å². The van der Waals surface area contributed by atoms with Crippen molar-refractivity contribution >= 4 is 23.0 Å². The number of aromatic nitrogens is 3. The molecular weight excluding hydrogens is 430 g/mol. The minimum absolute atomic E-state index is 0.0886. The molecule has 1 aromatic carbocycles. The predicted molar refractivity (Wildman–Crippen MR) is 133 cm³/mol. The molecule has 4 heterocycles. The first-order chi connectivity index (χ1) is 16.0. The molecule has 3 aromatic heterocycles. The molecule has 6 nitrogen and oxygen atoms in total. The molecule has 2 atom stereocenters. The van der Waals surface area contributed by atoms with E-state index in [1.807, 2.05) is 61.1 Å². The van der Waals surface area contributed by atoms with Gasteiger partial charge in [-0.25, -0.2) is 0 Å². The molecule has 0 unspecified atom stereocenters. The van der Waals surface area contributed by atoms with Crippen molar-refractivity contribution in [3.8, 4) is 5.75 Å². The van der Waals surface area contributed by atoms with Crippen LogP contribution in [-0.2, 0) is 6.54 Å². The van der Waals surface area contributed by atoms with Crippen LogP contribution in [0.3, 0.4) is 0 Å². The quantitative estimate of drug-likeness (QED) is 0.421. The van der Waals surface area contributed by atoms with Crippen molar-refractivity contribution in [2.24, 2.45) is 0 Å². The van der Waals surface area contributed by atoms with Crippen molar-refractivity contribution in [3.63, 3.8) is 0 Å². The molecule has 0 spiro atoms.